The van der Waals surface area contributed by atoms with E-state index < -0.39 is 17.9 Å². The highest BCUT2D eigenvalue weighted by Gasteiger charge is 2.20. The van der Waals surface area contributed by atoms with Gasteiger partial charge in [-0.05, 0) is 49.2 Å². The van der Waals surface area contributed by atoms with Crippen molar-refractivity contribution in [2.75, 3.05) is 6.54 Å². The molecule has 0 radical (unpaired) electrons. The number of carbonyl (C=O) groups is 3. The van der Waals surface area contributed by atoms with Gasteiger partial charge in [0, 0.05) is 22.7 Å². The molecule has 7 heteroatoms. The molecule has 2 aromatic rings. The molecule has 3 N–H and O–H groups in total. The van der Waals surface area contributed by atoms with Crippen molar-refractivity contribution in [2.24, 2.45) is 0 Å². The van der Waals surface area contributed by atoms with E-state index in [9.17, 15) is 19.5 Å². The third-order valence-electron chi connectivity index (χ3n) is 3.70. The number of amides is 2. The molecule has 2 rings (SSSR count). The third-order valence-corrected chi connectivity index (χ3v) is 3.95. The van der Waals surface area contributed by atoms with E-state index >= 15 is 0 Å². The van der Waals surface area contributed by atoms with Crippen LogP contribution in [0.5, 0.6) is 0 Å². The van der Waals surface area contributed by atoms with Gasteiger partial charge in [-0.1, -0.05) is 29.8 Å². The van der Waals surface area contributed by atoms with E-state index in [0.29, 0.717) is 29.1 Å². The van der Waals surface area contributed by atoms with Gasteiger partial charge in [0.15, 0.2) is 0 Å². The van der Waals surface area contributed by atoms with Crippen molar-refractivity contribution in [3.8, 4) is 0 Å². The predicted molar refractivity (Wildman–Crippen MR) is 98.4 cm³/mol. The Morgan fingerprint density at radius 3 is 2.15 bits per heavy atom. The molecule has 0 unspecified atom stereocenters. The SMILES string of the molecule is O=C(NCCC[C@H](NC(=O)c1ccc(Cl)cc1)C(=O)O)c1ccccc1. The van der Waals surface area contributed by atoms with Crippen molar-refractivity contribution in [1.82, 2.24) is 10.6 Å². The molecule has 0 aliphatic heterocycles. The maximum Gasteiger partial charge on any atom is 0.326 e. The van der Waals surface area contributed by atoms with Gasteiger partial charge in [-0.15, -0.1) is 0 Å². The summed E-state index contributed by atoms with van der Waals surface area (Å²) in [5.74, 6) is -1.83. The van der Waals surface area contributed by atoms with Crippen LogP contribution in [-0.4, -0.2) is 35.5 Å². The number of hydrogen-bond acceptors (Lipinski definition) is 3. The summed E-state index contributed by atoms with van der Waals surface area (Å²) in [6.45, 7) is 0.314. The molecule has 0 aliphatic carbocycles. The van der Waals surface area contributed by atoms with Crippen molar-refractivity contribution in [2.45, 2.75) is 18.9 Å². The first kappa shape index (κ1) is 19.5. The second kappa shape index (κ2) is 9.58. The molecule has 2 amide bonds. The second-order valence-corrected chi connectivity index (χ2v) is 6.07. The van der Waals surface area contributed by atoms with Crippen LogP contribution >= 0.6 is 11.6 Å². The highest BCUT2D eigenvalue weighted by atomic mass is 35.5. The van der Waals surface area contributed by atoms with Gasteiger partial charge in [0.25, 0.3) is 11.8 Å². The Bertz CT molecular complexity index is 763. The van der Waals surface area contributed by atoms with Gasteiger partial charge in [-0.2, -0.15) is 0 Å². The summed E-state index contributed by atoms with van der Waals surface area (Å²) in [5, 5.41) is 15.0. The van der Waals surface area contributed by atoms with Gasteiger partial charge in [-0.25, -0.2) is 4.79 Å². The van der Waals surface area contributed by atoms with E-state index in [1.165, 1.54) is 12.1 Å². The van der Waals surface area contributed by atoms with Crippen LogP contribution in [0.1, 0.15) is 33.6 Å². The highest BCUT2D eigenvalue weighted by molar-refractivity contribution is 6.30. The fraction of sp³-hybridized carbons (Fsp3) is 0.211. The number of hydrogen-bond donors (Lipinski definition) is 3. The minimum absolute atomic E-state index is 0.198. The lowest BCUT2D eigenvalue weighted by molar-refractivity contribution is -0.139. The monoisotopic (exact) mass is 374 g/mol. The van der Waals surface area contributed by atoms with Crippen molar-refractivity contribution in [3.05, 3.63) is 70.7 Å². The lowest BCUT2D eigenvalue weighted by Gasteiger charge is -2.15. The molecule has 26 heavy (non-hydrogen) atoms. The number of nitrogens with one attached hydrogen (secondary N) is 2. The molecule has 0 fully saturated rings. The van der Waals surface area contributed by atoms with E-state index in [1.807, 2.05) is 6.07 Å². The van der Waals surface area contributed by atoms with Gasteiger partial charge in [0.2, 0.25) is 0 Å². The molecule has 136 valence electrons. The fourth-order valence-electron chi connectivity index (χ4n) is 2.30. The highest BCUT2D eigenvalue weighted by Crippen LogP contribution is 2.10. The summed E-state index contributed by atoms with van der Waals surface area (Å²) in [7, 11) is 0. The molecule has 0 saturated heterocycles. The normalized spacial score (nSPS) is 11.4. The minimum Gasteiger partial charge on any atom is -0.480 e. The molecule has 0 saturated carbocycles. The van der Waals surface area contributed by atoms with E-state index in [4.69, 9.17) is 11.6 Å². The lowest BCUT2D eigenvalue weighted by Crippen LogP contribution is -2.41. The number of aliphatic carboxylic acids is 1. The summed E-state index contributed by atoms with van der Waals surface area (Å²) < 4.78 is 0. The van der Waals surface area contributed by atoms with E-state index in [1.54, 1.807) is 36.4 Å². The molecule has 0 aromatic heterocycles. The van der Waals surface area contributed by atoms with E-state index in [-0.39, 0.29) is 12.3 Å². The van der Waals surface area contributed by atoms with Crippen LogP contribution in [-0.2, 0) is 4.79 Å². The number of carboxylic acid groups (broad SMARTS) is 1. The summed E-state index contributed by atoms with van der Waals surface area (Å²) >= 11 is 5.77. The standard InChI is InChI=1S/C19H19ClN2O4/c20-15-10-8-14(9-11-15)18(24)22-16(19(25)26)7-4-12-21-17(23)13-5-2-1-3-6-13/h1-3,5-6,8-11,16H,4,7,12H2,(H,21,23)(H,22,24)(H,25,26)/t16-/m0/s1. The summed E-state index contributed by atoms with van der Waals surface area (Å²) in [6, 6.07) is 13.9. The van der Waals surface area contributed by atoms with Crippen LogP contribution in [0, 0.1) is 0 Å². The molecule has 0 aliphatic rings. The fourth-order valence-corrected chi connectivity index (χ4v) is 2.43. The zero-order valence-corrected chi connectivity index (χ0v) is 14.7. The van der Waals surface area contributed by atoms with Gasteiger partial charge in [-0.3, -0.25) is 9.59 Å². The Morgan fingerprint density at radius 1 is 0.923 bits per heavy atom. The lowest BCUT2D eigenvalue weighted by atomic mass is 10.1. The van der Waals surface area contributed by atoms with Gasteiger partial charge in [0.05, 0.1) is 0 Å². The molecular formula is C19H19ClN2O4. The number of carbonyl (C=O) groups excluding carboxylic acids is 2. The Labute approximate surface area is 156 Å². The molecule has 6 nitrogen and oxygen atoms in total. The van der Waals surface area contributed by atoms with Crippen LogP contribution < -0.4 is 10.6 Å². The number of carboxylic acids is 1. The average Bonchev–Trinajstić information content (AvgIpc) is 2.65. The summed E-state index contributed by atoms with van der Waals surface area (Å²) in [4.78, 5) is 35.4. The largest absolute Gasteiger partial charge is 0.480 e. The first-order valence-electron chi connectivity index (χ1n) is 8.10. The summed E-state index contributed by atoms with van der Waals surface area (Å²) in [5.41, 5.74) is 0.872. The van der Waals surface area contributed by atoms with Gasteiger partial charge < -0.3 is 15.7 Å². The third kappa shape index (κ3) is 5.89. The second-order valence-electron chi connectivity index (χ2n) is 5.64. The quantitative estimate of drug-likeness (QED) is 0.619. The topological polar surface area (TPSA) is 95.5 Å². The van der Waals surface area contributed by atoms with Crippen LogP contribution in [0.15, 0.2) is 54.6 Å². The Balaban J connectivity index is 1.81. The molecule has 0 bridgehead atoms. The first-order valence-corrected chi connectivity index (χ1v) is 8.47. The van der Waals surface area contributed by atoms with Crippen molar-refractivity contribution in [3.63, 3.8) is 0 Å². The average molecular weight is 375 g/mol. The van der Waals surface area contributed by atoms with Crippen LogP contribution in [0.3, 0.4) is 0 Å². The first-order chi connectivity index (χ1) is 12.5. The molecule has 2 aromatic carbocycles. The van der Waals surface area contributed by atoms with Crippen molar-refractivity contribution in [1.29, 1.82) is 0 Å². The zero-order valence-electron chi connectivity index (χ0n) is 13.9. The van der Waals surface area contributed by atoms with Crippen molar-refractivity contribution < 1.29 is 19.5 Å². The van der Waals surface area contributed by atoms with Gasteiger partial charge in [0.1, 0.15) is 6.04 Å². The van der Waals surface area contributed by atoms with Gasteiger partial charge >= 0.3 is 5.97 Å². The van der Waals surface area contributed by atoms with E-state index in [2.05, 4.69) is 10.6 Å². The Morgan fingerprint density at radius 2 is 1.54 bits per heavy atom. The molecule has 0 spiro atoms. The number of benzene rings is 2. The Hall–Kier alpha value is -2.86. The summed E-state index contributed by atoms with van der Waals surface area (Å²) in [6.07, 6.45) is 0.611. The van der Waals surface area contributed by atoms with E-state index in [0.717, 1.165) is 0 Å². The maximum absolute atomic E-state index is 12.1. The minimum atomic E-state index is -1.12. The molecular weight excluding hydrogens is 356 g/mol. The van der Waals surface area contributed by atoms with Crippen LogP contribution in [0.2, 0.25) is 5.02 Å². The van der Waals surface area contributed by atoms with Crippen LogP contribution in [0.25, 0.3) is 0 Å². The van der Waals surface area contributed by atoms with Crippen molar-refractivity contribution >= 4 is 29.4 Å². The number of halogens is 1. The smallest absolute Gasteiger partial charge is 0.326 e. The Kier molecular flexibility index (Phi) is 7.17. The molecule has 1 atom stereocenters. The molecule has 0 heterocycles. The zero-order chi connectivity index (χ0) is 18.9. The van der Waals surface area contributed by atoms with Crippen LogP contribution in [0.4, 0.5) is 0 Å². The predicted octanol–water partition coefficient (Wildman–Crippen LogP) is 2.73. The maximum atomic E-state index is 12.1. The number of rotatable bonds is 8.